The quantitative estimate of drug-likeness (QED) is 0.421. The van der Waals surface area contributed by atoms with Gasteiger partial charge in [0.1, 0.15) is 0 Å². The van der Waals surface area contributed by atoms with Gasteiger partial charge in [-0.05, 0) is 56.5 Å². The molecule has 0 saturated carbocycles. The first-order valence-corrected chi connectivity index (χ1v) is 12.5. The van der Waals surface area contributed by atoms with E-state index in [4.69, 9.17) is 12.6 Å². The maximum absolute atomic E-state index is 11.7. The summed E-state index contributed by atoms with van der Waals surface area (Å²) in [5.74, 6) is 0. The van der Waals surface area contributed by atoms with Gasteiger partial charge < -0.3 is 0 Å². The molecular weight excluding hydrogens is 400 g/mol. The van der Waals surface area contributed by atoms with E-state index in [0.29, 0.717) is 4.90 Å². The molecule has 132 valence electrons. The summed E-state index contributed by atoms with van der Waals surface area (Å²) in [5, 5.41) is 2.54. The Bertz CT molecular complexity index is 1120. The summed E-state index contributed by atoms with van der Waals surface area (Å²) < 4.78 is 24.4. The lowest BCUT2D eigenvalue weighted by molar-refractivity contribution is 0.602. The molecule has 1 heterocycles. The molecule has 0 bridgehead atoms. The third-order valence-electron chi connectivity index (χ3n) is 4.39. The van der Waals surface area contributed by atoms with E-state index in [1.54, 1.807) is 33.7 Å². The molecule has 3 aromatic carbocycles. The molecule has 6 heteroatoms. The normalized spacial score (nSPS) is 17.8. The van der Waals surface area contributed by atoms with Gasteiger partial charge in [-0.15, -0.1) is 12.6 Å². The summed E-state index contributed by atoms with van der Waals surface area (Å²) in [6.45, 7) is 0. The molecule has 0 fully saturated rings. The minimum Gasteiger partial charge on any atom is -0.224 e. The molecular formula is C20H16O2S4. The van der Waals surface area contributed by atoms with Gasteiger partial charge in [-0.2, -0.15) is 0 Å². The van der Waals surface area contributed by atoms with Crippen LogP contribution in [0.2, 0.25) is 0 Å². The molecule has 2 nitrogen and oxygen atoms in total. The number of sulfone groups is 1. The van der Waals surface area contributed by atoms with Gasteiger partial charge in [0.25, 0.3) is 0 Å². The molecule has 4 rings (SSSR count). The molecule has 1 aliphatic rings. The second-order valence-corrected chi connectivity index (χ2v) is 11.3. The van der Waals surface area contributed by atoms with Gasteiger partial charge in [0.15, 0.2) is 9.84 Å². The molecule has 1 unspecified atom stereocenters. The summed E-state index contributed by atoms with van der Waals surface area (Å²) in [4.78, 5) is 0.347. The van der Waals surface area contributed by atoms with Gasteiger partial charge in [0, 0.05) is 6.26 Å². The van der Waals surface area contributed by atoms with E-state index in [1.165, 1.54) is 22.6 Å². The molecule has 26 heavy (non-hydrogen) atoms. The first kappa shape index (κ1) is 18.0. The van der Waals surface area contributed by atoms with Crippen LogP contribution in [0.5, 0.6) is 0 Å². The third kappa shape index (κ3) is 3.43. The Morgan fingerprint density at radius 1 is 0.923 bits per heavy atom. The van der Waals surface area contributed by atoms with Crippen LogP contribution in [0.25, 0.3) is 16.3 Å². The molecule has 0 N–H and O–H groups in total. The number of fused-ring (bicyclic) bond motifs is 1. The van der Waals surface area contributed by atoms with Crippen LogP contribution in [0, 0.1) is 0 Å². The van der Waals surface area contributed by atoms with Crippen molar-refractivity contribution < 1.29 is 8.42 Å². The number of thiol groups is 1. The number of rotatable bonds is 3. The molecule has 1 aliphatic heterocycles. The highest BCUT2D eigenvalue weighted by Crippen LogP contribution is 2.59. The lowest BCUT2D eigenvalue weighted by atomic mass is 9.96. The van der Waals surface area contributed by atoms with Crippen LogP contribution in [0.3, 0.4) is 0 Å². The molecule has 0 radical (unpaired) electrons. The zero-order chi connectivity index (χ0) is 18.3. The predicted octanol–water partition coefficient (Wildman–Crippen LogP) is 5.98. The largest absolute Gasteiger partial charge is 0.224 e. The lowest BCUT2D eigenvalue weighted by Crippen LogP contribution is -1.99. The maximum Gasteiger partial charge on any atom is 0.175 e. The Labute approximate surface area is 166 Å². The van der Waals surface area contributed by atoms with Crippen molar-refractivity contribution in [3.63, 3.8) is 0 Å². The Morgan fingerprint density at radius 3 is 2.31 bits per heavy atom. The fourth-order valence-corrected chi connectivity index (χ4v) is 7.07. The van der Waals surface area contributed by atoms with Gasteiger partial charge in [-0.1, -0.05) is 59.3 Å². The van der Waals surface area contributed by atoms with Crippen LogP contribution in [-0.2, 0) is 9.84 Å². The van der Waals surface area contributed by atoms with E-state index in [2.05, 4.69) is 30.3 Å². The van der Waals surface area contributed by atoms with Gasteiger partial charge in [-0.25, -0.2) is 8.42 Å². The highest BCUT2D eigenvalue weighted by atomic mass is 33.1. The van der Waals surface area contributed by atoms with Crippen molar-refractivity contribution in [1.29, 1.82) is 0 Å². The molecule has 0 saturated heterocycles. The van der Waals surface area contributed by atoms with Crippen molar-refractivity contribution in [1.82, 2.24) is 0 Å². The summed E-state index contributed by atoms with van der Waals surface area (Å²) in [5.41, 5.74) is 3.42. The van der Waals surface area contributed by atoms with E-state index in [9.17, 15) is 8.42 Å². The highest BCUT2D eigenvalue weighted by molar-refractivity contribution is 8.80. The average Bonchev–Trinajstić information content (AvgIpc) is 3.02. The Morgan fingerprint density at radius 2 is 1.62 bits per heavy atom. The first-order valence-electron chi connectivity index (χ1n) is 7.99. The van der Waals surface area contributed by atoms with E-state index in [1.807, 2.05) is 24.3 Å². The minimum atomic E-state index is -3.18. The molecule has 0 aromatic heterocycles. The third-order valence-corrected chi connectivity index (χ3v) is 8.94. The molecule has 0 spiro atoms. The summed E-state index contributed by atoms with van der Waals surface area (Å²) >= 11 is 4.69. The topological polar surface area (TPSA) is 34.1 Å². The maximum atomic E-state index is 11.7. The van der Waals surface area contributed by atoms with Crippen molar-refractivity contribution in [3.8, 4) is 0 Å². The summed E-state index contributed by atoms with van der Waals surface area (Å²) in [6, 6.07) is 22.0. The standard InChI is InChI=1S/C20H16O2S4/c1-26(21,22)17-10-8-14(9-11-17)19-18(20(23)25-24-19)16-7-6-13-4-2-3-5-15(13)12-16/h2-12,19,23H,1H3. The molecule has 3 aromatic rings. The summed E-state index contributed by atoms with van der Waals surface area (Å²) in [6.07, 6.45) is 1.23. The second kappa shape index (κ2) is 7.00. The zero-order valence-corrected chi connectivity index (χ0v) is 17.3. The Balaban J connectivity index is 1.75. The smallest absolute Gasteiger partial charge is 0.175 e. The van der Waals surface area contributed by atoms with E-state index >= 15 is 0 Å². The predicted molar refractivity (Wildman–Crippen MR) is 117 cm³/mol. The fraction of sp³-hybridized carbons (Fsp3) is 0.100. The van der Waals surface area contributed by atoms with Crippen LogP contribution in [0.15, 0.2) is 75.9 Å². The van der Waals surface area contributed by atoms with Crippen molar-refractivity contribution >= 4 is 60.4 Å². The van der Waals surface area contributed by atoms with Gasteiger partial charge in [0.2, 0.25) is 0 Å². The fourth-order valence-electron chi connectivity index (χ4n) is 3.04. The molecule has 0 amide bonds. The SMILES string of the molecule is CS(=O)(=O)c1ccc(C2SSC(S)=C2c2ccc3ccccc3c2)cc1. The zero-order valence-electron chi connectivity index (χ0n) is 13.9. The van der Waals surface area contributed by atoms with Gasteiger partial charge in [0.05, 0.1) is 14.4 Å². The van der Waals surface area contributed by atoms with Crippen molar-refractivity contribution in [2.75, 3.05) is 6.26 Å². The number of hydrogen-bond acceptors (Lipinski definition) is 5. The van der Waals surface area contributed by atoms with Crippen LogP contribution in [-0.4, -0.2) is 14.7 Å². The van der Waals surface area contributed by atoms with Crippen molar-refractivity contribution in [3.05, 3.63) is 82.1 Å². The van der Waals surface area contributed by atoms with Crippen molar-refractivity contribution in [2.24, 2.45) is 0 Å². The molecule has 1 atom stereocenters. The lowest BCUT2D eigenvalue weighted by Gasteiger charge is -2.15. The number of benzene rings is 3. The van der Waals surface area contributed by atoms with E-state index < -0.39 is 9.84 Å². The van der Waals surface area contributed by atoms with Crippen LogP contribution < -0.4 is 0 Å². The highest BCUT2D eigenvalue weighted by Gasteiger charge is 2.28. The summed E-state index contributed by atoms with van der Waals surface area (Å²) in [7, 11) is 0.220. The van der Waals surface area contributed by atoms with Crippen LogP contribution in [0.4, 0.5) is 0 Å². The Kier molecular flexibility index (Phi) is 4.86. The van der Waals surface area contributed by atoms with Crippen LogP contribution in [0.1, 0.15) is 16.4 Å². The Hall–Kier alpha value is -1.34. The van der Waals surface area contributed by atoms with E-state index in [-0.39, 0.29) is 5.25 Å². The first-order chi connectivity index (χ1) is 12.4. The average molecular weight is 417 g/mol. The molecule has 0 aliphatic carbocycles. The second-order valence-electron chi connectivity index (χ2n) is 6.18. The monoisotopic (exact) mass is 416 g/mol. The minimum absolute atomic E-state index is 0.127. The van der Waals surface area contributed by atoms with E-state index in [0.717, 1.165) is 15.4 Å². The van der Waals surface area contributed by atoms with Gasteiger partial charge >= 0.3 is 0 Å². The van der Waals surface area contributed by atoms with Crippen LogP contribution >= 0.6 is 34.2 Å². The number of hydrogen-bond donors (Lipinski definition) is 1. The van der Waals surface area contributed by atoms with Crippen molar-refractivity contribution in [2.45, 2.75) is 10.1 Å². The van der Waals surface area contributed by atoms with Gasteiger partial charge in [-0.3, -0.25) is 0 Å².